The van der Waals surface area contributed by atoms with Crippen LogP contribution in [0.1, 0.15) is 10.4 Å². The molecule has 1 aliphatic rings. The van der Waals surface area contributed by atoms with Crippen molar-refractivity contribution in [2.75, 3.05) is 42.9 Å². The molecule has 0 aliphatic carbocycles. The highest BCUT2D eigenvalue weighted by Crippen LogP contribution is 2.28. The van der Waals surface area contributed by atoms with E-state index in [9.17, 15) is 14.9 Å². The summed E-state index contributed by atoms with van der Waals surface area (Å²) in [7, 11) is 0. The van der Waals surface area contributed by atoms with Gasteiger partial charge in [-0.05, 0) is 17.7 Å². The molecule has 0 bridgehead atoms. The normalized spacial score (nSPS) is 14.3. The second-order valence-electron chi connectivity index (χ2n) is 7.46. The molecule has 3 aromatic rings. The third-order valence-electron chi connectivity index (χ3n) is 5.28. The number of nitro benzene ring substituents is 1. The van der Waals surface area contributed by atoms with Crippen molar-refractivity contribution in [3.63, 3.8) is 0 Å². The fourth-order valence-corrected chi connectivity index (χ4v) is 4.73. The van der Waals surface area contributed by atoms with E-state index >= 15 is 0 Å². The number of aromatic nitrogens is 1. The Kier molecular flexibility index (Phi) is 6.99. The number of carbonyl (C=O) groups is 1. The number of nitro groups is 1. The Hall–Kier alpha value is -3.01. The largest absolute Gasteiger partial charge is 0.363 e. The molecule has 2 heterocycles. The Morgan fingerprint density at radius 3 is 2.59 bits per heavy atom. The monoisotopic (exact) mass is 471 g/mol. The summed E-state index contributed by atoms with van der Waals surface area (Å²) in [5.41, 5.74) is 1.75. The third-order valence-corrected chi connectivity index (χ3v) is 6.56. The molecular weight excluding hydrogens is 450 g/mol. The molecule has 1 aliphatic heterocycles. The molecule has 1 N–H and O–H groups in total. The first kappa shape index (κ1) is 22.2. The Morgan fingerprint density at radius 1 is 1.12 bits per heavy atom. The van der Waals surface area contributed by atoms with Crippen LogP contribution in [0.4, 0.5) is 16.5 Å². The summed E-state index contributed by atoms with van der Waals surface area (Å²) >= 11 is 7.66. The number of piperazine rings is 1. The fourth-order valence-electron chi connectivity index (χ4n) is 3.67. The quantitative estimate of drug-likeness (QED) is 0.412. The summed E-state index contributed by atoms with van der Waals surface area (Å²) in [5, 5.41) is 15.4. The van der Waals surface area contributed by atoms with Crippen molar-refractivity contribution in [2.24, 2.45) is 0 Å². The zero-order chi connectivity index (χ0) is 22.5. The number of nitrogens with zero attached hydrogens (tertiary/aromatic N) is 4. The number of hydrogen-bond acceptors (Lipinski definition) is 7. The van der Waals surface area contributed by atoms with Gasteiger partial charge in [0.25, 0.3) is 5.69 Å². The zero-order valence-corrected chi connectivity index (χ0v) is 18.8. The summed E-state index contributed by atoms with van der Waals surface area (Å²) in [6.07, 6.45) is 2.43. The Morgan fingerprint density at radius 2 is 1.84 bits per heavy atom. The average Bonchev–Trinajstić information content (AvgIpc) is 3.22. The van der Waals surface area contributed by atoms with E-state index in [-0.39, 0.29) is 23.1 Å². The lowest BCUT2D eigenvalue weighted by atomic mass is 10.1. The molecule has 0 atom stereocenters. The smallest absolute Gasteiger partial charge is 0.292 e. The van der Waals surface area contributed by atoms with E-state index in [2.05, 4.69) is 10.3 Å². The molecule has 0 spiro atoms. The first-order chi connectivity index (χ1) is 15.5. The SMILES string of the molecule is O=C(CN1CCN(c2ccccc2[N+](=O)[O-])CC1)Nc1ncc(Cc2ccccc2Cl)s1. The maximum atomic E-state index is 12.5. The van der Waals surface area contributed by atoms with Gasteiger partial charge in [-0.2, -0.15) is 0 Å². The third kappa shape index (κ3) is 5.42. The highest BCUT2D eigenvalue weighted by Gasteiger charge is 2.24. The second kappa shape index (κ2) is 10.1. The highest BCUT2D eigenvalue weighted by atomic mass is 35.5. The van der Waals surface area contributed by atoms with Crippen molar-refractivity contribution in [3.05, 3.63) is 80.3 Å². The van der Waals surface area contributed by atoms with E-state index < -0.39 is 0 Å². The predicted molar refractivity (Wildman–Crippen MR) is 127 cm³/mol. The van der Waals surface area contributed by atoms with Crippen LogP contribution in [0.25, 0.3) is 0 Å². The molecule has 1 saturated heterocycles. The molecule has 0 radical (unpaired) electrons. The topological polar surface area (TPSA) is 91.6 Å². The van der Waals surface area contributed by atoms with Crippen LogP contribution < -0.4 is 10.2 Å². The minimum atomic E-state index is -0.358. The van der Waals surface area contributed by atoms with Gasteiger partial charge in [0.15, 0.2) is 5.13 Å². The molecule has 0 unspecified atom stereocenters. The van der Waals surface area contributed by atoms with E-state index in [4.69, 9.17) is 11.6 Å². The molecule has 4 rings (SSSR count). The number of anilines is 2. The Bertz CT molecular complexity index is 1110. The van der Waals surface area contributed by atoms with E-state index in [1.54, 1.807) is 24.4 Å². The van der Waals surface area contributed by atoms with Crippen LogP contribution in [-0.2, 0) is 11.2 Å². The van der Waals surface area contributed by atoms with Gasteiger partial charge in [0, 0.05) is 54.8 Å². The van der Waals surface area contributed by atoms with Gasteiger partial charge in [0.1, 0.15) is 5.69 Å². The summed E-state index contributed by atoms with van der Waals surface area (Å²) in [4.78, 5) is 32.8. The number of carbonyl (C=O) groups excluding carboxylic acids is 1. The van der Waals surface area contributed by atoms with Gasteiger partial charge in [-0.15, -0.1) is 11.3 Å². The van der Waals surface area contributed by atoms with Crippen LogP contribution in [0.15, 0.2) is 54.7 Å². The maximum absolute atomic E-state index is 12.5. The first-order valence-electron chi connectivity index (χ1n) is 10.2. The van der Waals surface area contributed by atoms with Gasteiger partial charge in [-0.25, -0.2) is 4.98 Å². The minimum Gasteiger partial charge on any atom is -0.363 e. The number of nitrogens with one attached hydrogen (secondary N) is 1. The van der Waals surface area contributed by atoms with Crippen LogP contribution in [0.2, 0.25) is 5.02 Å². The molecular formula is C22H22ClN5O3S. The summed E-state index contributed by atoms with van der Waals surface area (Å²) < 4.78 is 0. The summed E-state index contributed by atoms with van der Waals surface area (Å²) in [6, 6.07) is 14.4. The number of rotatable bonds is 7. The van der Waals surface area contributed by atoms with E-state index in [0.717, 1.165) is 10.4 Å². The van der Waals surface area contributed by atoms with E-state index in [0.29, 0.717) is 48.4 Å². The number of thiazole rings is 1. The predicted octanol–water partition coefficient (Wildman–Crippen LogP) is 4.06. The molecule has 1 aromatic heterocycles. The lowest BCUT2D eigenvalue weighted by Gasteiger charge is -2.35. The van der Waals surface area contributed by atoms with Crippen molar-refractivity contribution in [1.82, 2.24) is 9.88 Å². The molecule has 8 nitrogen and oxygen atoms in total. The van der Waals surface area contributed by atoms with Crippen LogP contribution in [0.5, 0.6) is 0 Å². The second-order valence-corrected chi connectivity index (χ2v) is 8.98. The Labute approximate surface area is 194 Å². The van der Waals surface area contributed by atoms with Crippen LogP contribution >= 0.6 is 22.9 Å². The summed E-state index contributed by atoms with van der Waals surface area (Å²) in [5.74, 6) is -0.122. The fraction of sp³-hybridized carbons (Fsp3) is 0.273. The Balaban J connectivity index is 1.28. The van der Waals surface area contributed by atoms with Gasteiger partial charge >= 0.3 is 0 Å². The van der Waals surface area contributed by atoms with Crippen molar-refractivity contribution in [3.8, 4) is 0 Å². The van der Waals surface area contributed by atoms with Crippen LogP contribution in [0, 0.1) is 10.1 Å². The maximum Gasteiger partial charge on any atom is 0.292 e. The molecule has 32 heavy (non-hydrogen) atoms. The standard InChI is InChI=1S/C22H22ClN5O3S/c23-18-6-2-1-5-16(18)13-17-14-24-22(32-17)25-21(29)15-26-9-11-27(12-10-26)19-7-3-4-8-20(19)28(30)31/h1-8,14H,9-13,15H2,(H,24,25,29). The first-order valence-corrected chi connectivity index (χ1v) is 11.4. The van der Waals surface area contributed by atoms with Crippen molar-refractivity contribution < 1.29 is 9.72 Å². The van der Waals surface area contributed by atoms with Gasteiger partial charge in [0.2, 0.25) is 5.91 Å². The minimum absolute atomic E-state index is 0.107. The lowest BCUT2D eigenvalue weighted by molar-refractivity contribution is -0.384. The van der Waals surface area contributed by atoms with Gasteiger partial charge in [-0.3, -0.25) is 19.8 Å². The lowest BCUT2D eigenvalue weighted by Crippen LogP contribution is -2.48. The van der Waals surface area contributed by atoms with Crippen LogP contribution in [0.3, 0.4) is 0 Å². The van der Waals surface area contributed by atoms with Gasteiger partial charge in [-0.1, -0.05) is 41.9 Å². The van der Waals surface area contributed by atoms with Gasteiger partial charge < -0.3 is 10.2 Å². The number of benzene rings is 2. The molecule has 1 amide bonds. The van der Waals surface area contributed by atoms with Crippen molar-refractivity contribution in [1.29, 1.82) is 0 Å². The molecule has 166 valence electrons. The van der Waals surface area contributed by atoms with Crippen molar-refractivity contribution >= 4 is 45.4 Å². The molecule has 2 aromatic carbocycles. The zero-order valence-electron chi connectivity index (χ0n) is 17.2. The van der Waals surface area contributed by atoms with Crippen LogP contribution in [-0.4, -0.2) is 53.4 Å². The number of hydrogen-bond donors (Lipinski definition) is 1. The molecule has 10 heteroatoms. The van der Waals surface area contributed by atoms with Crippen molar-refractivity contribution in [2.45, 2.75) is 6.42 Å². The number of para-hydroxylation sites is 2. The van der Waals surface area contributed by atoms with Gasteiger partial charge in [0.05, 0.1) is 11.5 Å². The average molecular weight is 472 g/mol. The van der Waals surface area contributed by atoms with E-state index in [1.165, 1.54) is 17.4 Å². The number of amides is 1. The van der Waals surface area contributed by atoms with E-state index in [1.807, 2.05) is 34.1 Å². The highest BCUT2D eigenvalue weighted by molar-refractivity contribution is 7.15. The molecule has 1 fully saturated rings. The number of halogens is 1. The summed E-state index contributed by atoms with van der Waals surface area (Å²) in [6.45, 7) is 2.79. The molecule has 0 saturated carbocycles.